The normalized spacial score (nSPS) is 10.7. The summed E-state index contributed by atoms with van der Waals surface area (Å²) >= 11 is 4.28. The Bertz CT molecular complexity index is 185. The molecule has 15 heavy (non-hydrogen) atoms. The molecule has 0 radical (unpaired) electrons. The van der Waals surface area contributed by atoms with Crippen LogP contribution in [0.3, 0.4) is 0 Å². The van der Waals surface area contributed by atoms with Crippen molar-refractivity contribution < 1.29 is 19.1 Å². The predicted molar refractivity (Wildman–Crippen MR) is 75.6 cm³/mol. The molecule has 0 saturated carbocycles. The van der Waals surface area contributed by atoms with Crippen molar-refractivity contribution in [2.24, 2.45) is 5.92 Å². The minimum atomic E-state index is -0.130. The molecule has 0 aliphatic carbocycles. The molecule has 1 atom stereocenters. The Morgan fingerprint density at radius 2 is 1.73 bits per heavy atom. The summed E-state index contributed by atoms with van der Waals surface area (Å²) in [6, 6.07) is 0. The fourth-order valence-electron chi connectivity index (χ4n) is 0.443. The average molecular weight is 442 g/mol. The average Bonchev–Trinajstić information content (AvgIpc) is 2.27. The van der Waals surface area contributed by atoms with Gasteiger partial charge in [-0.1, -0.05) is 52.1 Å². The molecule has 0 aliphatic rings. The number of halogens is 2. The van der Waals surface area contributed by atoms with E-state index in [1.54, 1.807) is 0 Å². The summed E-state index contributed by atoms with van der Waals surface area (Å²) in [6.07, 6.45) is 0.525. The summed E-state index contributed by atoms with van der Waals surface area (Å²) in [5.41, 5.74) is 0. The van der Waals surface area contributed by atoms with Gasteiger partial charge < -0.3 is 9.47 Å². The molecular formula is C9H16I2O4. The molecule has 0 fully saturated rings. The first kappa shape index (κ1) is 17.8. The van der Waals surface area contributed by atoms with Crippen molar-refractivity contribution in [2.45, 2.75) is 13.3 Å². The molecule has 1 unspecified atom stereocenters. The Morgan fingerprint density at radius 1 is 1.20 bits per heavy atom. The standard InChI is InChI=1S/C5H9IO2.C4H7IO2/c1-4(3-6)5(7)8-2;1-7-4(6)2-3-5/h4H,3H2,1-2H3;2-3H2,1H3. The van der Waals surface area contributed by atoms with Crippen LogP contribution in [0.5, 0.6) is 0 Å². The van der Waals surface area contributed by atoms with E-state index in [-0.39, 0.29) is 17.9 Å². The van der Waals surface area contributed by atoms with Crippen molar-refractivity contribution in [2.75, 3.05) is 23.1 Å². The van der Waals surface area contributed by atoms with Crippen molar-refractivity contribution in [1.82, 2.24) is 0 Å². The van der Waals surface area contributed by atoms with Crippen LogP contribution in [0.2, 0.25) is 0 Å². The van der Waals surface area contributed by atoms with Crippen LogP contribution in [0.25, 0.3) is 0 Å². The molecule has 0 aromatic heterocycles. The zero-order valence-corrected chi connectivity index (χ0v) is 13.4. The van der Waals surface area contributed by atoms with Crippen LogP contribution in [-0.4, -0.2) is 35.0 Å². The number of methoxy groups -OCH3 is 2. The number of hydrogen-bond donors (Lipinski definition) is 0. The lowest BCUT2D eigenvalue weighted by molar-refractivity contribution is -0.144. The van der Waals surface area contributed by atoms with Crippen LogP contribution in [0, 0.1) is 5.92 Å². The van der Waals surface area contributed by atoms with Crippen molar-refractivity contribution in [3.63, 3.8) is 0 Å². The highest BCUT2D eigenvalue weighted by atomic mass is 127. The predicted octanol–water partition coefficient (Wildman–Crippen LogP) is 2.21. The van der Waals surface area contributed by atoms with Gasteiger partial charge in [0.25, 0.3) is 0 Å². The zero-order valence-electron chi connectivity index (χ0n) is 9.09. The molecule has 4 nitrogen and oxygen atoms in total. The van der Waals surface area contributed by atoms with E-state index < -0.39 is 0 Å². The van der Waals surface area contributed by atoms with Crippen LogP contribution in [-0.2, 0) is 19.1 Å². The number of rotatable bonds is 4. The van der Waals surface area contributed by atoms with Gasteiger partial charge in [0.2, 0.25) is 0 Å². The molecule has 0 aliphatic heterocycles. The lowest BCUT2D eigenvalue weighted by atomic mass is 10.2. The summed E-state index contributed by atoms with van der Waals surface area (Å²) in [5, 5.41) is 0. The van der Waals surface area contributed by atoms with Gasteiger partial charge in [-0.2, -0.15) is 0 Å². The first-order valence-corrected chi connectivity index (χ1v) is 7.35. The monoisotopic (exact) mass is 442 g/mol. The van der Waals surface area contributed by atoms with Gasteiger partial charge in [-0.15, -0.1) is 0 Å². The summed E-state index contributed by atoms with van der Waals surface area (Å²) in [7, 11) is 2.81. The molecule has 6 heteroatoms. The number of hydrogen-bond acceptors (Lipinski definition) is 4. The van der Waals surface area contributed by atoms with Crippen LogP contribution in [0.1, 0.15) is 13.3 Å². The third-order valence-electron chi connectivity index (χ3n) is 1.36. The third-order valence-corrected chi connectivity index (χ3v) is 3.22. The summed E-state index contributed by atoms with van der Waals surface area (Å²) in [5.74, 6) is -0.214. The van der Waals surface area contributed by atoms with Gasteiger partial charge in [0.15, 0.2) is 0 Å². The second kappa shape index (κ2) is 12.5. The zero-order chi connectivity index (χ0) is 12.3. The maximum Gasteiger partial charge on any atom is 0.309 e. The smallest absolute Gasteiger partial charge is 0.309 e. The number of alkyl halides is 2. The van der Waals surface area contributed by atoms with Crippen molar-refractivity contribution in [3.8, 4) is 0 Å². The first-order valence-electron chi connectivity index (χ1n) is 4.30. The van der Waals surface area contributed by atoms with Crippen LogP contribution < -0.4 is 0 Å². The molecule has 0 amide bonds. The van der Waals surface area contributed by atoms with Gasteiger partial charge >= 0.3 is 11.9 Å². The van der Waals surface area contributed by atoms with Gasteiger partial charge in [-0.3, -0.25) is 9.59 Å². The molecule has 0 aromatic rings. The summed E-state index contributed by atoms with van der Waals surface area (Å²) < 4.78 is 10.5. The second-order valence-electron chi connectivity index (χ2n) is 2.59. The fourth-order valence-corrected chi connectivity index (χ4v) is 1.24. The van der Waals surface area contributed by atoms with Crippen LogP contribution in [0.15, 0.2) is 0 Å². The van der Waals surface area contributed by atoms with Gasteiger partial charge in [0, 0.05) is 8.86 Å². The largest absolute Gasteiger partial charge is 0.469 e. The van der Waals surface area contributed by atoms with Gasteiger partial charge in [0.1, 0.15) is 0 Å². The number of esters is 2. The molecule has 0 rings (SSSR count). The van der Waals surface area contributed by atoms with E-state index in [1.807, 2.05) is 6.92 Å². The van der Waals surface area contributed by atoms with E-state index in [1.165, 1.54) is 14.2 Å². The van der Waals surface area contributed by atoms with E-state index in [9.17, 15) is 9.59 Å². The van der Waals surface area contributed by atoms with E-state index >= 15 is 0 Å². The molecule has 0 aromatic carbocycles. The summed E-state index contributed by atoms with van der Waals surface area (Å²) in [6.45, 7) is 1.85. The minimum absolute atomic E-state index is 0.0422. The van der Waals surface area contributed by atoms with Crippen molar-refractivity contribution in [3.05, 3.63) is 0 Å². The molecule has 0 spiro atoms. The highest BCUT2D eigenvalue weighted by Crippen LogP contribution is 2.01. The maximum atomic E-state index is 10.5. The van der Waals surface area contributed by atoms with Crippen molar-refractivity contribution in [1.29, 1.82) is 0 Å². The molecule has 0 heterocycles. The number of ether oxygens (including phenoxy) is 2. The second-order valence-corrected chi connectivity index (χ2v) is 4.55. The Balaban J connectivity index is 0. The first-order chi connectivity index (χ1) is 7.03. The molecular weight excluding hydrogens is 426 g/mol. The van der Waals surface area contributed by atoms with E-state index in [4.69, 9.17) is 0 Å². The van der Waals surface area contributed by atoms with Crippen LogP contribution >= 0.6 is 45.2 Å². The van der Waals surface area contributed by atoms with Crippen molar-refractivity contribution >= 4 is 57.1 Å². The van der Waals surface area contributed by atoms with Gasteiger partial charge in [-0.05, 0) is 0 Å². The fraction of sp³-hybridized carbons (Fsp3) is 0.778. The number of carbonyl (C=O) groups excluding carboxylic acids is 2. The summed E-state index contributed by atoms with van der Waals surface area (Å²) in [4.78, 5) is 20.7. The van der Waals surface area contributed by atoms with E-state index in [0.29, 0.717) is 6.42 Å². The number of carbonyl (C=O) groups is 2. The SMILES string of the molecule is COC(=O)C(C)CI.COC(=O)CCI. The van der Waals surface area contributed by atoms with E-state index in [0.717, 1.165) is 8.86 Å². The molecule has 0 N–H and O–H groups in total. The minimum Gasteiger partial charge on any atom is -0.469 e. The highest BCUT2D eigenvalue weighted by Gasteiger charge is 2.09. The Labute approximate surface area is 118 Å². The van der Waals surface area contributed by atoms with Gasteiger partial charge in [0.05, 0.1) is 26.6 Å². The topological polar surface area (TPSA) is 52.6 Å². The Morgan fingerprint density at radius 3 is 1.87 bits per heavy atom. The highest BCUT2D eigenvalue weighted by molar-refractivity contribution is 14.1. The quantitative estimate of drug-likeness (QED) is 0.381. The van der Waals surface area contributed by atoms with Crippen LogP contribution in [0.4, 0.5) is 0 Å². The molecule has 90 valence electrons. The van der Waals surface area contributed by atoms with E-state index in [2.05, 4.69) is 54.7 Å². The maximum absolute atomic E-state index is 10.5. The lowest BCUT2D eigenvalue weighted by Crippen LogP contribution is -2.13. The molecule has 0 bridgehead atoms. The lowest BCUT2D eigenvalue weighted by Gasteiger charge is -2.01. The van der Waals surface area contributed by atoms with Gasteiger partial charge in [-0.25, -0.2) is 0 Å². The molecule has 0 saturated heterocycles. The Kier molecular flexibility index (Phi) is 14.8. The Hall–Kier alpha value is 0.400. The third kappa shape index (κ3) is 12.3.